The summed E-state index contributed by atoms with van der Waals surface area (Å²) in [6.45, 7) is 3.69. The van der Waals surface area contributed by atoms with Crippen molar-refractivity contribution >= 4 is 12.2 Å². The fourth-order valence-electron chi connectivity index (χ4n) is 1.30. The Kier molecular flexibility index (Phi) is 8.18. The summed E-state index contributed by atoms with van der Waals surface area (Å²) >= 11 is 0. The van der Waals surface area contributed by atoms with Gasteiger partial charge < -0.3 is 29.1 Å². The number of nitrogens with one attached hydrogen (secondary N) is 2. The van der Waals surface area contributed by atoms with E-state index < -0.39 is 18.4 Å². The first-order chi connectivity index (χ1) is 9.89. The van der Waals surface area contributed by atoms with Crippen molar-refractivity contribution in [2.75, 3.05) is 68.6 Å². The number of alkyl carbamates (subject to hydrolysis) is 2. The van der Waals surface area contributed by atoms with E-state index in [4.69, 9.17) is 9.47 Å². The van der Waals surface area contributed by atoms with Crippen LogP contribution in [0.4, 0.5) is 9.59 Å². The number of amides is 2. The first-order valence-corrected chi connectivity index (χ1v) is 7.36. The van der Waals surface area contributed by atoms with Crippen molar-refractivity contribution in [1.29, 1.82) is 0 Å². The fourth-order valence-corrected chi connectivity index (χ4v) is 1.30. The lowest BCUT2D eigenvalue weighted by Gasteiger charge is -2.24. The lowest BCUT2D eigenvalue weighted by molar-refractivity contribution is -0.870. The van der Waals surface area contributed by atoms with Gasteiger partial charge in [-0.1, -0.05) is 0 Å². The van der Waals surface area contributed by atoms with E-state index in [-0.39, 0.29) is 0 Å². The molecule has 8 heteroatoms. The van der Waals surface area contributed by atoms with Crippen LogP contribution in [0.3, 0.4) is 0 Å². The molecule has 0 aromatic carbocycles. The molecule has 130 valence electrons. The van der Waals surface area contributed by atoms with Crippen LogP contribution in [-0.4, -0.2) is 95.9 Å². The molecule has 2 N–H and O–H groups in total. The molecule has 0 aromatic rings. The predicted octanol–water partition coefficient (Wildman–Crippen LogP) is 0.197. The van der Waals surface area contributed by atoms with E-state index in [9.17, 15) is 9.59 Å². The minimum Gasteiger partial charge on any atom is -0.444 e. The molecule has 0 rings (SSSR count). The number of hydrogen-bond acceptors (Lipinski definition) is 4. The third kappa shape index (κ3) is 13.4. The van der Waals surface area contributed by atoms with Crippen LogP contribution in [0.15, 0.2) is 0 Å². The average Bonchev–Trinajstić information content (AvgIpc) is 2.24. The minimum atomic E-state index is -0.562. The molecule has 0 heterocycles. The zero-order chi connectivity index (χ0) is 17.4. The van der Waals surface area contributed by atoms with Crippen molar-refractivity contribution in [1.82, 2.24) is 10.6 Å². The molecule has 0 saturated carbocycles. The van der Waals surface area contributed by atoms with Gasteiger partial charge in [-0.25, -0.2) is 9.59 Å². The van der Waals surface area contributed by atoms with Gasteiger partial charge in [-0.2, -0.15) is 0 Å². The molecule has 2 amide bonds. The van der Waals surface area contributed by atoms with Crippen molar-refractivity contribution in [3.8, 4) is 0 Å². The molecule has 0 radical (unpaired) electrons. The Morgan fingerprint density at radius 1 is 0.818 bits per heavy atom. The number of rotatable bonds is 8. The SMILES string of the molecule is CC(NC(=O)OCC[N+](C)(C)C)NC(=O)OCC[N+](C)(C)C. The number of carbonyl (C=O) groups excluding carboxylic acids is 2. The van der Waals surface area contributed by atoms with Crippen molar-refractivity contribution in [3.63, 3.8) is 0 Å². The third-order valence-corrected chi connectivity index (χ3v) is 2.66. The van der Waals surface area contributed by atoms with Gasteiger partial charge in [0.15, 0.2) is 0 Å². The minimum absolute atomic E-state index is 0.315. The molecule has 0 aromatic heterocycles. The van der Waals surface area contributed by atoms with Crippen LogP contribution in [0, 0.1) is 0 Å². The number of ether oxygens (including phenoxy) is 2. The van der Waals surface area contributed by atoms with E-state index in [1.807, 2.05) is 42.3 Å². The monoisotopic (exact) mass is 320 g/mol. The largest absolute Gasteiger partial charge is 0.444 e. The Balaban J connectivity index is 3.85. The average molecular weight is 320 g/mol. The van der Waals surface area contributed by atoms with Gasteiger partial charge in [-0.05, 0) is 6.92 Å². The van der Waals surface area contributed by atoms with Crippen LogP contribution in [-0.2, 0) is 9.47 Å². The van der Waals surface area contributed by atoms with Gasteiger partial charge in [0.2, 0.25) is 0 Å². The first kappa shape index (κ1) is 20.5. The molecule has 0 unspecified atom stereocenters. The van der Waals surface area contributed by atoms with Crippen molar-refractivity contribution < 1.29 is 28.0 Å². The van der Waals surface area contributed by atoms with Crippen LogP contribution in [0.2, 0.25) is 0 Å². The van der Waals surface area contributed by atoms with Gasteiger partial charge in [0.05, 0.1) is 42.3 Å². The maximum Gasteiger partial charge on any atom is 0.408 e. The summed E-state index contributed by atoms with van der Waals surface area (Å²) in [5, 5.41) is 5.04. The Bertz CT molecular complexity index is 327. The van der Waals surface area contributed by atoms with Gasteiger partial charge >= 0.3 is 12.2 Å². The second-order valence-electron chi connectivity index (χ2n) is 7.31. The summed E-state index contributed by atoms with van der Waals surface area (Å²) in [4.78, 5) is 23.1. The van der Waals surface area contributed by atoms with Crippen LogP contribution >= 0.6 is 0 Å². The van der Waals surface area contributed by atoms with Crippen LogP contribution in [0.5, 0.6) is 0 Å². The van der Waals surface area contributed by atoms with Crippen LogP contribution in [0.25, 0.3) is 0 Å². The van der Waals surface area contributed by atoms with Crippen molar-refractivity contribution in [2.24, 2.45) is 0 Å². The number of nitrogens with zero attached hydrogens (tertiary/aromatic N) is 2. The van der Waals surface area contributed by atoms with Gasteiger partial charge in [-0.3, -0.25) is 0 Å². The number of hydrogen-bond donors (Lipinski definition) is 2. The normalized spacial score (nSPS) is 12.0. The van der Waals surface area contributed by atoms with Crippen LogP contribution < -0.4 is 10.6 Å². The first-order valence-electron chi connectivity index (χ1n) is 7.36. The van der Waals surface area contributed by atoms with Gasteiger partial charge in [-0.15, -0.1) is 0 Å². The zero-order valence-electron chi connectivity index (χ0n) is 14.9. The number of quaternary nitrogens is 2. The molecule has 8 nitrogen and oxygen atoms in total. The van der Waals surface area contributed by atoms with Crippen molar-refractivity contribution in [3.05, 3.63) is 0 Å². The van der Waals surface area contributed by atoms with E-state index in [1.165, 1.54) is 0 Å². The maximum absolute atomic E-state index is 11.5. The van der Waals surface area contributed by atoms with E-state index in [0.29, 0.717) is 35.3 Å². The highest BCUT2D eigenvalue weighted by Crippen LogP contribution is 1.92. The second kappa shape index (κ2) is 8.79. The van der Waals surface area contributed by atoms with Gasteiger partial charge in [0, 0.05) is 0 Å². The van der Waals surface area contributed by atoms with E-state index >= 15 is 0 Å². The molecular weight excluding hydrogens is 288 g/mol. The quantitative estimate of drug-likeness (QED) is 0.495. The molecular formula is C14H32N4O4+2. The summed E-state index contributed by atoms with van der Waals surface area (Å²) in [7, 11) is 12.1. The van der Waals surface area contributed by atoms with Gasteiger partial charge in [0.1, 0.15) is 32.5 Å². The third-order valence-electron chi connectivity index (χ3n) is 2.66. The summed E-state index contributed by atoms with van der Waals surface area (Å²) < 4.78 is 11.5. The molecule has 0 fully saturated rings. The zero-order valence-corrected chi connectivity index (χ0v) is 14.9. The Labute approximate surface area is 133 Å². The molecule has 0 aliphatic carbocycles. The summed E-state index contributed by atoms with van der Waals surface area (Å²) in [6.07, 6.45) is -1.69. The lowest BCUT2D eigenvalue weighted by Crippen LogP contribution is -2.47. The van der Waals surface area contributed by atoms with Crippen LogP contribution in [0.1, 0.15) is 6.92 Å². The summed E-state index contributed by atoms with van der Waals surface area (Å²) in [5.74, 6) is 0. The Hall–Kier alpha value is -1.54. The Morgan fingerprint density at radius 2 is 1.14 bits per heavy atom. The smallest absolute Gasteiger partial charge is 0.408 e. The van der Waals surface area contributed by atoms with E-state index in [0.717, 1.165) is 0 Å². The molecule has 0 aliphatic rings. The highest BCUT2D eigenvalue weighted by Gasteiger charge is 2.14. The second-order valence-corrected chi connectivity index (χ2v) is 7.31. The molecule has 0 spiro atoms. The highest BCUT2D eigenvalue weighted by atomic mass is 16.6. The Morgan fingerprint density at radius 3 is 1.41 bits per heavy atom. The fraction of sp³-hybridized carbons (Fsp3) is 0.857. The number of likely N-dealkylation sites (N-methyl/N-ethyl adjacent to an activating group) is 2. The van der Waals surface area contributed by atoms with Crippen molar-refractivity contribution in [2.45, 2.75) is 13.1 Å². The molecule has 22 heavy (non-hydrogen) atoms. The molecule has 0 atom stereocenters. The maximum atomic E-state index is 11.5. The van der Waals surface area contributed by atoms with E-state index in [2.05, 4.69) is 10.6 Å². The lowest BCUT2D eigenvalue weighted by atomic mass is 10.5. The molecule has 0 bridgehead atoms. The summed E-state index contributed by atoms with van der Waals surface area (Å²) in [6, 6.07) is 0. The molecule has 0 saturated heterocycles. The van der Waals surface area contributed by atoms with Gasteiger partial charge in [0.25, 0.3) is 0 Å². The topological polar surface area (TPSA) is 76.7 Å². The number of carbonyl (C=O) groups is 2. The standard InChI is InChI=1S/C14H30N4O4/c1-12(15-13(19)21-10-8-17(2,3)4)16-14(20)22-11-9-18(5,6)7/h12H,8-11H2,1-7H3/p+2. The summed E-state index contributed by atoms with van der Waals surface area (Å²) in [5.41, 5.74) is 0. The molecule has 0 aliphatic heterocycles. The predicted molar refractivity (Wildman–Crippen MR) is 84.2 cm³/mol. The highest BCUT2D eigenvalue weighted by molar-refractivity contribution is 5.70. The van der Waals surface area contributed by atoms with E-state index in [1.54, 1.807) is 6.92 Å².